The van der Waals surface area contributed by atoms with Crippen molar-refractivity contribution in [1.82, 2.24) is 15.5 Å². The Hall–Kier alpha value is -2.37. The summed E-state index contributed by atoms with van der Waals surface area (Å²) in [6.07, 6.45) is 5.02. The molecule has 110 valence electrons. The van der Waals surface area contributed by atoms with Gasteiger partial charge in [-0.25, -0.2) is 4.79 Å². The van der Waals surface area contributed by atoms with Gasteiger partial charge in [-0.1, -0.05) is 11.2 Å². The van der Waals surface area contributed by atoms with Crippen molar-refractivity contribution in [3.05, 3.63) is 51.3 Å². The van der Waals surface area contributed by atoms with Crippen molar-refractivity contribution in [3.63, 3.8) is 0 Å². The molecule has 0 radical (unpaired) electrons. The lowest BCUT2D eigenvalue weighted by molar-refractivity contribution is 0.0953. The Morgan fingerprint density at radius 2 is 2.10 bits per heavy atom. The van der Waals surface area contributed by atoms with Crippen molar-refractivity contribution < 1.29 is 9.32 Å². The van der Waals surface area contributed by atoms with E-state index in [1.54, 1.807) is 0 Å². The van der Waals surface area contributed by atoms with Gasteiger partial charge in [0.2, 0.25) is 0 Å². The highest BCUT2D eigenvalue weighted by Gasteiger charge is 2.12. The normalized spacial score (nSPS) is 13.7. The number of nitrogens with one attached hydrogen (secondary N) is 2. The standard InChI is InChI=1S/C15H17N3O3/c19-14(16-8-7-13-17-15(20)21-18-13)12-6-5-10-3-1-2-4-11(10)9-12/h5-6,9H,1-4,7-8H2,(H,16,19)(H,17,18,20). The fourth-order valence-corrected chi connectivity index (χ4v) is 2.64. The van der Waals surface area contributed by atoms with Crippen LogP contribution in [0.25, 0.3) is 0 Å². The molecular formula is C15H17N3O3. The van der Waals surface area contributed by atoms with Crippen molar-refractivity contribution in [2.75, 3.05) is 6.54 Å². The Kier molecular flexibility index (Phi) is 3.85. The van der Waals surface area contributed by atoms with E-state index in [4.69, 9.17) is 0 Å². The molecule has 6 nitrogen and oxygen atoms in total. The predicted octanol–water partition coefficient (Wildman–Crippen LogP) is 1.21. The molecule has 1 aliphatic rings. The van der Waals surface area contributed by atoms with E-state index in [1.165, 1.54) is 24.0 Å². The lowest BCUT2D eigenvalue weighted by atomic mass is 9.90. The molecule has 1 aromatic heterocycles. The fraction of sp³-hybridized carbons (Fsp3) is 0.400. The third-order valence-electron chi connectivity index (χ3n) is 3.74. The van der Waals surface area contributed by atoms with E-state index in [1.807, 2.05) is 12.1 Å². The van der Waals surface area contributed by atoms with Crippen molar-refractivity contribution in [1.29, 1.82) is 0 Å². The summed E-state index contributed by atoms with van der Waals surface area (Å²) >= 11 is 0. The fourth-order valence-electron chi connectivity index (χ4n) is 2.64. The van der Waals surface area contributed by atoms with Gasteiger partial charge in [-0.15, -0.1) is 0 Å². The molecule has 21 heavy (non-hydrogen) atoms. The first-order valence-corrected chi connectivity index (χ1v) is 7.17. The summed E-state index contributed by atoms with van der Waals surface area (Å²) in [7, 11) is 0. The molecule has 0 spiro atoms. The number of aromatic nitrogens is 2. The number of carbonyl (C=O) groups excluding carboxylic acids is 1. The molecule has 0 aliphatic heterocycles. The number of rotatable bonds is 4. The minimum Gasteiger partial charge on any atom is -0.352 e. The van der Waals surface area contributed by atoms with Crippen LogP contribution in [0.15, 0.2) is 27.5 Å². The van der Waals surface area contributed by atoms with E-state index in [9.17, 15) is 9.59 Å². The molecule has 0 unspecified atom stereocenters. The average Bonchev–Trinajstić information content (AvgIpc) is 2.92. The zero-order chi connectivity index (χ0) is 14.7. The second kappa shape index (κ2) is 5.95. The molecular weight excluding hydrogens is 270 g/mol. The molecule has 1 aromatic carbocycles. The Morgan fingerprint density at radius 3 is 2.86 bits per heavy atom. The highest BCUT2D eigenvalue weighted by Crippen LogP contribution is 2.22. The highest BCUT2D eigenvalue weighted by atomic mass is 16.5. The summed E-state index contributed by atoms with van der Waals surface area (Å²) < 4.78 is 4.40. The van der Waals surface area contributed by atoms with E-state index >= 15 is 0 Å². The van der Waals surface area contributed by atoms with Gasteiger partial charge in [-0.2, -0.15) is 0 Å². The Bertz CT molecular complexity index is 702. The molecule has 3 rings (SSSR count). The third-order valence-corrected chi connectivity index (χ3v) is 3.74. The largest absolute Gasteiger partial charge is 0.438 e. The minimum absolute atomic E-state index is 0.103. The number of hydrogen-bond acceptors (Lipinski definition) is 4. The first-order chi connectivity index (χ1) is 10.2. The first-order valence-electron chi connectivity index (χ1n) is 7.17. The topological polar surface area (TPSA) is 88.0 Å². The van der Waals surface area contributed by atoms with E-state index in [0.717, 1.165) is 12.8 Å². The molecule has 0 fully saturated rings. The summed E-state index contributed by atoms with van der Waals surface area (Å²) in [4.78, 5) is 25.3. The van der Waals surface area contributed by atoms with E-state index < -0.39 is 5.76 Å². The smallest absolute Gasteiger partial charge is 0.352 e. The van der Waals surface area contributed by atoms with Crippen LogP contribution in [0.1, 0.15) is 40.2 Å². The van der Waals surface area contributed by atoms with Crippen LogP contribution in [0.3, 0.4) is 0 Å². The van der Waals surface area contributed by atoms with E-state index in [2.05, 4.69) is 26.0 Å². The molecule has 0 bridgehead atoms. The maximum absolute atomic E-state index is 12.1. The highest BCUT2D eigenvalue weighted by molar-refractivity contribution is 5.94. The van der Waals surface area contributed by atoms with Crippen LogP contribution < -0.4 is 11.1 Å². The molecule has 0 atom stereocenters. The van der Waals surface area contributed by atoms with Crippen molar-refractivity contribution >= 4 is 5.91 Å². The van der Waals surface area contributed by atoms with Gasteiger partial charge < -0.3 is 5.32 Å². The van der Waals surface area contributed by atoms with Gasteiger partial charge in [0.1, 0.15) is 0 Å². The minimum atomic E-state index is -0.578. The molecule has 6 heteroatoms. The number of nitrogens with zero attached hydrogens (tertiary/aromatic N) is 1. The second-order valence-corrected chi connectivity index (χ2v) is 5.24. The maximum atomic E-state index is 12.1. The third kappa shape index (κ3) is 3.21. The molecule has 1 aliphatic carbocycles. The Balaban J connectivity index is 1.59. The summed E-state index contributed by atoms with van der Waals surface area (Å²) in [6, 6.07) is 5.91. The summed E-state index contributed by atoms with van der Waals surface area (Å²) in [5.74, 6) is -0.244. The van der Waals surface area contributed by atoms with Crippen LogP contribution in [0.4, 0.5) is 0 Å². The van der Waals surface area contributed by atoms with Crippen LogP contribution in [-0.4, -0.2) is 22.6 Å². The zero-order valence-electron chi connectivity index (χ0n) is 11.6. The number of aromatic amines is 1. The van der Waals surface area contributed by atoms with Gasteiger partial charge in [0.05, 0.1) is 0 Å². The molecule has 0 saturated carbocycles. The van der Waals surface area contributed by atoms with Crippen LogP contribution in [-0.2, 0) is 19.3 Å². The van der Waals surface area contributed by atoms with Crippen molar-refractivity contribution in [2.24, 2.45) is 0 Å². The van der Waals surface area contributed by atoms with E-state index in [0.29, 0.717) is 24.4 Å². The number of aryl methyl sites for hydroxylation is 2. The molecule has 1 heterocycles. The molecule has 2 aromatic rings. The van der Waals surface area contributed by atoms with Crippen LogP contribution in [0.5, 0.6) is 0 Å². The van der Waals surface area contributed by atoms with Gasteiger partial charge in [0, 0.05) is 18.5 Å². The number of H-pyrrole nitrogens is 1. The summed E-state index contributed by atoms with van der Waals surface area (Å²) in [5, 5.41) is 6.37. The first kappa shape index (κ1) is 13.6. The number of hydrogen-bond donors (Lipinski definition) is 2. The Morgan fingerprint density at radius 1 is 1.29 bits per heavy atom. The molecule has 1 amide bonds. The van der Waals surface area contributed by atoms with Crippen molar-refractivity contribution in [2.45, 2.75) is 32.1 Å². The van der Waals surface area contributed by atoms with Gasteiger partial charge in [-0.05, 0) is 48.9 Å². The lowest BCUT2D eigenvalue weighted by Crippen LogP contribution is -2.26. The number of carbonyl (C=O) groups is 1. The van der Waals surface area contributed by atoms with Gasteiger partial charge in [0.25, 0.3) is 5.91 Å². The predicted molar refractivity (Wildman–Crippen MR) is 76.2 cm³/mol. The monoisotopic (exact) mass is 287 g/mol. The van der Waals surface area contributed by atoms with Crippen LogP contribution >= 0.6 is 0 Å². The van der Waals surface area contributed by atoms with Gasteiger partial charge in [0.15, 0.2) is 5.82 Å². The number of benzene rings is 1. The summed E-state index contributed by atoms with van der Waals surface area (Å²) in [6.45, 7) is 0.401. The van der Waals surface area contributed by atoms with Crippen LogP contribution in [0.2, 0.25) is 0 Å². The Labute approximate surface area is 121 Å². The van der Waals surface area contributed by atoms with Crippen molar-refractivity contribution in [3.8, 4) is 0 Å². The zero-order valence-corrected chi connectivity index (χ0v) is 11.6. The quantitative estimate of drug-likeness (QED) is 0.885. The van der Waals surface area contributed by atoms with Gasteiger partial charge in [-0.3, -0.25) is 14.3 Å². The average molecular weight is 287 g/mol. The number of amides is 1. The second-order valence-electron chi connectivity index (χ2n) is 5.24. The summed E-state index contributed by atoms with van der Waals surface area (Å²) in [5.41, 5.74) is 3.33. The lowest BCUT2D eigenvalue weighted by Gasteiger charge is -2.16. The van der Waals surface area contributed by atoms with Crippen LogP contribution in [0, 0.1) is 0 Å². The van der Waals surface area contributed by atoms with E-state index in [-0.39, 0.29) is 5.91 Å². The van der Waals surface area contributed by atoms with Gasteiger partial charge >= 0.3 is 5.76 Å². The maximum Gasteiger partial charge on any atom is 0.438 e. The number of fused-ring (bicyclic) bond motifs is 1. The molecule has 0 saturated heterocycles. The SMILES string of the molecule is O=C(NCCc1noc(=O)[nH]1)c1ccc2c(c1)CCCC2. The molecule has 2 N–H and O–H groups in total.